The fourth-order valence-electron chi connectivity index (χ4n) is 3.02. The summed E-state index contributed by atoms with van der Waals surface area (Å²) in [5.74, 6) is 1.06. The second-order valence-electron chi connectivity index (χ2n) is 6.93. The number of fused-ring (bicyclic) bond motifs is 1. The molecule has 2 aromatic carbocycles. The summed E-state index contributed by atoms with van der Waals surface area (Å²) in [6.45, 7) is 2.09. The lowest BCUT2D eigenvalue weighted by Gasteiger charge is -2.11. The van der Waals surface area contributed by atoms with Crippen molar-refractivity contribution < 1.29 is 14.3 Å². The number of hydrogen-bond acceptors (Lipinski definition) is 7. The third-order valence-electron chi connectivity index (χ3n) is 4.67. The Morgan fingerprint density at radius 2 is 1.81 bits per heavy atom. The largest absolute Gasteiger partial charge is 0.493 e. The molecule has 0 aliphatic rings. The third-order valence-corrected chi connectivity index (χ3v) is 5.63. The van der Waals surface area contributed by atoms with E-state index in [1.165, 1.54) is 36.1 Å². The maximum absolute atomic E-state index is 12.5. The summed E-state index contributed by atoms with van der Waals surface area (Å²) < 4.78 is 11.7. The number of amides is 2. The number of aryl methyl sites for hydroxylation is 1. The van der Waals surface area contributed by atoms with Crippen LogP contribution in [-0.2, 0) is 6.54 Å². The maximum atomic E-state index is 12.5. The molecule has 2 amide bonds. The third kappa shape index (κ3) is 4.54. The van der Waals surface area contributed by atoms with Gasteiger partial charge < -0.3 is 20.1 Å². The van der Waals surface area contributed by atoms with E-state index in [4.69, 9.17) is 9.47 Å². The van der Waals surface area contributed by atoms with Gasteiger partial charge in [-0.1, -0.05) is 41.2 Å². The number of urea groups is 1. The monoisotopic (exact) mass is 451 g/mol. The number of ether oxygens (including phenoxy) is 2. The minimum absolute atomic E-state index is 0.0859. The summed E-state index contributed by atoms with van der Waals surface area (Å²) in [7, 11) is 3.06. The molecule has 32 heavy (non-hydrogen) atoms. The maximum Gasteiger partial charge on any atom is 0.319 e. The molecule has 2 aromatic heterocycles. The Morgan fingerprint density at radius 1 is 1.06 bits per heavy atom. The van der Waals surface area contributed by atoms with Crippen molar-refractivity contribution in [3.63, 3.8) is 0 Å². The number of aromatic nitrogens is 3. The quantitative estimate of drug-likeness (QED) is 0.465. The number of nitrogens with zero attached hydrogens (tertiary/aromatic N) is 3. The van der Waals surface area contributed by atoms with Gasteiger partial charge in [-0.3, -0.25) is 4.79 Å². The van der Waals surface area contributed by atoms with Gasteiger partial charge in [0, 0.05) is 23.4 Å². The molecule has 4 rings (SSSR count). The minimum Gasteiger partial charge on any atom is -0.493 e. The van der Waals surface area contributed by atoms with Gasteiger partial charge in [-0.2, -0.15) is 9.61 Å². The van der Waals surface area contributed by atoms with Gasteiger partial charge in [0.05, 0.1) is 26.5 Å². The first-order valence-electron chi connectivity index (χ1n) is 9.70. The summed E-state index contributed by atoms with van der Waals surface area (Å²) in [6, 6.07) is 13.9. The summed E-state index contributed by atoms with van der Waals surface area (Å²) >= 11 is 1.32. The van der Waals surface area contributed by atoms with Crippen LogP contribution in [0.2, 0.25) is 0 Å². The second kappa shape index (κ2) is 9.06. The zero-order valence-corrected chi connectivity index (χ0v) is 18.5. The average Bonchev–Trinajstić information content (AvgIpc) is 3.23. The van der Waals surface area contributed by atoms with Crippen molar-refractivity contribution in [2.24, 2.45) is 0 Å². The topological polar surface area (TPSA) is 107 Å². The zero-order valence-electron chi connectivity index (χ0n) is 17.7. The van der Waals surface area contributed by atoms with Gasteiger partial charge in [0.25, 0.3) is 5.56 Å². The molecule has 0 bridgehead atoms. The van der Waals surface area contributed by atoms with Crippen molar-refractivity contribution in [1.82, 2.24) is 19.9 Å². The smallest absolute Gasteiger partial charge is 0.319 e. The Morgan fingerprint density at radius 3 is 2.53 bits per heavy atom. The lowest BCUT2D eigenvalue weighted by molar-refractivity contribution is 0.251. The van der Waals surface area contributed by atoms with E-state index in [0.717, 1.165) is 11.1 Å². The van der Waals surface area contributed by atoms with E-state index in [9.17, 15) is 9.59 Å². The average molecular weight is 452 g/mol. The first kappa shape index (κ1) is 21.3. The number of rotatable bonds is 6. The van der Waals surface area contributed by atoms with Crippen LogP contribution in [0.15, 0.2) is 53.3 Å². The van der Waals surface area contributed by atoms with Gasteiger partial charge >= 0.3 is 6.03 Å². The van der Waals surface area contributed by atoms with Gasteiger partial charge in [0.1, 0.15) is 5.01 Å². The molecule has 9 nitrogen and oxygen atoms in total. The lowest BCUT2D eigenvalue weighted by Crippen LogP contribution is -2.29. The highest BCUT2D eigenvalue weighted by molar-refractivity contribution is 7.19. The van der Waals surface area contributed by atoms with Crippen LogP contribution >= 0.6 is 11.3 Å². The van der Waals surface area contributed by atoms with E-state index in [-0.39, 0.29) is 12.1 Å². The molecule has 2 heterocycles. The van der Waals surface area contributed by atoms with Gasteiger partial charge in [-0.25, -0.2) is 9.78 Å². The van der Waals surface area contributed by atoms with Crippen LogP contribution in [0.4, 0.5) is 10.5 Å². The number of nitrogens with one attached hydrogen (secondary N) is 2. The van der Waals surface area contributed by atoms with Crippen LogP contribution in [0, 0.1) is 6.92 Å². The molecule has 0 aliphatic carbocycles. The molecule has 0 unspecified atom stereocenters. The highest BCUT2D eigenvalue weighted by Crippen LogP contribution is 2.29. The number of carbonyl (C=O) groups is 1. The predicted octanol–water partition coefficient (Wildman–Crippen LogP) is 3.47. The van der Waals surface area contributed by atoms with Crippen molar-refractivity contribution >= 4 is 28.0 Å². The fourth-order valence-corrected chi connectivity index (χ4v) is 3.95. The van der Waals surface area contributed by atoms with Crippen LogP contribution in [0.25, 0.3) is 15.5 Å². The summed E-state index contributed by atoms with van der Waals surface area (Å²) in [5.41, 5.74) is 2.73. The van der Waals surface area contributed by atoms with Crippen molar-refractivity contribution in [1.29, 1.82) is 0 Å². The van der Waals surface area contributed by atoms with Crippen LogP contribution in [0.1, 0.15) is 11.3 Å². The molecule has 0 atom stereocenters. The Labute approximate surface area is 187 Å². The molecule has 2 N–H and O–H groups in total. The molecule has 0 radical (unpaired) electrons. The van der Waals surface area contributed by atoms with E-state index in [0.29, 0.717) is 32.8 Å². The highest BCUT2D eigenvalue weighted by Gasteiger charge is 2.12. The van der Waals surface area contributed by atoms with Crippen LogP contribution < -0.4 is 25.7 Å². The van der Waals surface area contributed by atoms with Gasteiger partial charge in [-0.15, -0.1) is 0 Å². The minimum atomic E-state index is -0.441. The molecule has 164 valence electrons. The number of methoxy groups -OCH3 is 2. The summed E-state index contributed by atoms with van der Waals surface area (Å²) in [4.78, 5) is 29.7. The van der Waals surface area contributed by atoms with Crippen molar-refractivity contribution in [2.75, 3.05) is 19.5 Å². The van der Waals surface area contributed by atoms with Gasteiger partial charge in [0.15, 0.2) is 11.5 Å². The van der Waals surface area contributed by atoms with E-state index >= 15 is 0 Å². The van der Waals surface area contributed by atoms with E-state index < -0.39 is 6.03 Å². The number of benzene rings is 2. The Bertz CT molecular complexity index is 1330. The van der Waals surface area contributed by atoms with Crippen molar-refractivity contribution in [3.05, 3.63) is 70.1 Å². The number of anilines is 1. The Kier molecular flexibility index (Phi) is 6.04. The normalized spacial score (nSPS) is 10.7. The zero-order chi connectivity index (χ0) is 22.7. The summed E-state index contributed by atoms with van der Waals surface area (Å²) in [6.07, 6.45) is 0. The highest BCUT2D eigenvalue weighted by atomic mass is 32.1. The predicted molar refractivity (Wildman–Crippen MR) is 123 cm³/mol. The van der Waals surface area contributed by atoms with E-state index in [1.54, 1.807) is 18.2 Å². The second-order valence-corrected chi connectivity index (χ2v) is 7.89. The molecule has 0 fully saturated rings. The fraction of sp³-hybridized carbons (Fsp3) is 0.182. The first-order chi connectivity index (χ1) is 15.5. The molecular formula is C22H21N5O4S. The Balaban J connectivity index is 1.46. The van der Waals surface area contributed by atoms with Gasteiger partial charge in [0.2, 0.25) is 4.96 Å². The number of hydrogen-bond donors (Lipinski definition) is 2. The molecule has 4 aromatic rings. The molecule has 0 spiro atoms. The molecular weight excluding hydrogens is 430 g/mol. The summed E-state index contributed by atoms with van der Waals surface area (Å²) in [5, 5.41) is 10.5. The standard InChI is InChI=1S/C22H21N5O4S/c1-13-4-6-14(7-5-13)20-26-27-19(28)11-16(25-22(27)32-20)12-23-21(29)24-15-8-9-17(30-2)18(10-15)31-3/h4-11H,12H2,1-3H3,(H2,23,24,29). The van der Waals surface area contributed by atoms with Crippen molar-refractivity contribution in [2.45, 2.75) is 13.5 Å². The molecule has 0 aliphatic heterocycles. The Hall–Kier alpha value is -3.92. The van der Waals surface area contributed by atoms with Crippen LogP contribution in [0.5, 0.6) is 11.5 Å². The lowest BCUT2D eigenvalue weighted by atomic mass is 10.2. The van der Waals surface area contributed by atoms with Crippen LogP contribution in [-0.4, -0.2) is 34.8 Å². The van der Waals surface area contributed by atoms with Gasteiger partial charge in [-0.05, 0) is 19.1 Å². The van der Waals surface area contributed by atoms with E-state index in [2.05, 4.69) is 20.7 Å². The SMILES string of the molecule is COc1ccc(NC(=O)NCc2cc(=O)n3nc(-c4ccc(C)cc4)sc3n2)cc1OC. The first-order valence-corrected chi connectivity index (χ1v) is 10.5. The van der Waals surface area contributed by atoms with E-state index in [1.807, 2.05) is 31.2 Å². The molecule has 0 saturated carbocycles. The molecule has 10 heteroatoms. The van der Waals surface area contributed by atoms with Crippen molar-refractivity contribution in [3.8, 4) is 22.1 Å². The number of carbonyl (C=O) groups excluding carboxylic acids is 1. The van der Waals surface area contributed by atoms with Crippen LogP contribution in [0.3, 0.4) is 0 Å². The molecule has 0 saturated heterocycles.